The van der Waals surface area contributed by atoms with Crippen LogP contribution in [0.5, 0.6) is 0 Å². The second-order valence-corrected chi connectivity index (χ2v) is 19.2. The molecule has 0 aliphatic carbocycles. The highest BCUT2D eigenvalue weighted by atomic mass is 79.9. The third kappa shape index (κ3) is 16.3. The summed E-state index contributed by atoms with van der Waals surface area (Å²) in [6.45, 7) is 11.5. The first-order chi connectivity index (χ1) is 29.3. The minimum Gasteiger partial charge on any atom is -0.390 e. The van der Waals surface area contributed by atoms with Crippen LogP contribution in [0.3, 0.4) is 0 Å². The molecule has 0 radical (unpaired) electrons. The van der Waals surface area contributed by atoms with Gasteiger partial charge in [-0.3, -0.25) is 20.2 Å². The normalized spacial score (nSPS) is 11.5. The number of rotatable bonds is 10. The van der Waals surface area contributed by atoms with Gasteiger partial charge in [-0.15, -0.1) is 0 Å². The van der Waals surface area contributed by atoms with E-state index in [4.69, 9.17) is 0 Å². The van der Waals surface area contributed by atoms with Gasteiger partial charge >= 0.3 is 5.69 Å². The number of nitro benzene ring substituents is 2. The lowest BCUT2D eigenvalue weighted by molar-refractivity contribution is -0.387. The van der Waals surface area contributed by atoms with Crippen molar-refractivity contribution in [3.05, 3.63) is 161 Å². The molecule has 2 heterocycles. The zero-order chi connectivity index (χ0) is 46.9. The van der Waals surface area contributed by atoms with Crippen LogP contribution in [-0.4, -0.2) is 61.1 Å². The fourth-order valence-electron chi connectivity index (χ4n) is 5.99. The Labute approximate surface area is 388 Å². The van der Waals surface area contributed by atoms with Crippen molar-refractivity contribution in [1.82, 2.24) is 19.1 Å². The zero-order valence-electron chi connectivity index (χ0n) is 35.3. The smallest absolute Gasteiger partial charge is 0.305 e. The summed E-state index contributed by atoms with van der Waals surface area (Å²) >= 11 is 9.60. The van der Waals surface area contributed by atoms with Crippen molar-refractivity contribution in [2.45, 2.75) is 84.3 Å². The molecule has 0 aliphatic heterocycles. The second-order valence-electron chi connectivity index (χ2n) is 16.4. The topological polar surface area (TPSA) is 183 Å². The van der Waals surface area contributed by atoms with Crippen LogP contribution in [-0.2, 0) is 19.5 Å². The summed E-state index contributed by atoms with van der Waals surface area (Å²) in [5, 5.41) is 50.2. The fraction of sp³-hybridized carbons (Fsp3) is 0.289. The number of hydrogen-bond acceptors (Lipinski definition) is 9. The molecule has 7 aromatic rings. The van der Waals surface area contributed by atoms with Crippen molar-refractivity contribution >= 4 is 81.2 Å². The first-order valence-corrected chi connectivity index (χ1v) is 21.7. The van der Waals surface area contributed by atoms with Gasteiger partial charge in [0.25, 0.3) is 5.69 Å². The molecule has 2 aromatic heterocycles. The number of aryl methyl sites for hydroxylation is 1. The first-order valence-electron chi connectivity index (χ1n) is 19.3. The number of aromatic nitrogens is 4. The van der Waals surface area contributed by atoms with Gasteiger partial charge in [0.1, 0.15) is 5.82 Å². The van der Waals surface area contributed by atoms with Crippen molar-refractivity contribution in [3.8, 4) is 11.1 Å². The highest BCUT2D eigenvalue weighted by Gasteiger charge is 2.19. The Bertz CT molecular complexity index is 2670. The largest absolute Gasteiger partial charge is 0.390 e. The average Bonchev–Trinajstić information content (AvgIpc) is 3.76. The van der Waals surface area contributed by atoms with E-state index in [-0.39, 0.29) is 11.5 Å². The van der Waals surface area contributed by atoms with Gasteiger partial charge < -0.3 is 24.5 Å². The predicted octanol–water partition coefficient (Wildman–Crippen LogP) is 11.7. The predicted molar refractivity (Wildman–Crippen MR) is 251 cm³/mol. The molecule has 5 aromatic carbocycles. The maximum absolute atomic E-state index is 13.0. The molecular weight excluding hydrogens is 1010 g/mol. The Morgan fingerprint density at radius 3 is 1.52 bits per heavy atom. The van der Waals surface area contributed by atoms with Crippen LogP contribution in [0.15, 0.2) is 123 Å². The third-order valence-corrected chi connectivity index (χ3v) is 10.3. The molecular formula is C45H47Br3F2N6O7. The number of fused-ring (bicyclic) bond motifs is 2. The number of nitro groups is 2. The van der Waals surface area contributed by atoms with Crippen LogP contribution in [0, 0.1) is 31.9 Å². The molecule has 0 amide bonds. The van der Waals surface area contributed by atoms with Crippen molar-refractivity contribution < 1.29 is 33.9 Å². The zero-order valence-corrected chi connectivity index (χ0v) is 40.0. The molecule has 0 aliphatic rings. The molecule has 0 saturated carbocycles. The van der Waals surface area contributed by atoms with E-state index in [1.165, 1.54) is 24.3 Å². The van der Waals surface area contributed by atoms with E-state index in [9.17, 15) is 44.3 Å². The molecule has 7 rings (SSSR count). The standard InChI is InChI=1S/C17H17FN2O.C11H13BrN2O.C11H14BrNO3.C6H3BrFNO2/c1-17(2,21)10-20-11-19-15-9-13(5-8-16(15)20)12-3-6-14(18)7-4-12;1-11(2,15)6-14-7-13-9-5-8(12)3-4-10(9)14;1-11(2,14)6-5-8-3-4-9(12)7-10(8)13(15)16;7-4-1-2-5(8)6(3-4)9(10)11/h3-9,11,21H,10H2,1-2H3;3-5,7,15H,6H2,1-2H3;3-4,7,14H,5-6H2,1-2H3;1-3H. The Morgan fingerprint density at radius 2 is 1.03 bits per heavy atom. The Hall–Kier alpha value is -4.98. The van der Waals surface area contributed by atoms with E-state index in [1.807, 2.05) is 45.5 Å². The van der Waals surface area contributed by atoms with Gasteiger partial charge in [0.15, 0.2) is 0 Å². The number of imidazole rings is 2. The molecule has 63 heavy (non-hydrogen) atoms. The van der Waals surface area contributed by atoms with Crippen LogP contribution < -0.4 is 0 Å². The molecule has 334 valence electrons. The van der Waals surface area contributed by atoms with E-state index in [0.29, 0.717) is 40.4 Å². The molecule has 18 heteroatoms. The monoisotopic (exact) mass is 1060 g/mol. The van der Waals surface area contributed by atoms with Gasteiger partial charge in [0.05, 0.1) is 74.5 Å². The van der Waals surface area contributed by atoms with E-state index >= 15 is 0 Å². The summed E-state index contributed by atoms with van der Waals surface area (Å²) in [5.74, 6) is -1.06. The second kappa shape index (κ2) is 21.6. The summed E-state index contributed by atoms with van der Waals surface area (Å²) < 4.78 is 31.6. The summed E-state index contributed by atoms with van der Waals surface area (Å²) in [5.41, 5.74) is 3.68. The first kappa shape index (κ1) is 50.7. The van der Waals surface area contributed by atoms with E-state index in [1.54, 1.807) is 78.5 Å². The van der Waals surface area contributed by atoms with E-state index in [2.05, 4.69) is 57.8 Å². The third-order valence-electron chi connectivity index (χ3n) is 8.85. The highest BCUT2D eigenvalue weighted by Crippen LogP contribution is 2.28. The van der Waals surface area contributed by atoms with Crippen LogP contribution >= 0.6 is 47.8 Å². The van der Waals surface area contributed by atoms with Crippen molar-refractivity contribution in [2.75, 3.05) is 0 Å². The van der Waals surface area contributed by atoms with Gasteiger partial charge in [-0.1, -0.05) is 72.1 Å². The molecule has 0 bridgehead atoms. The molecule has 0 atom stereocenters. The van der Waals surface area contributed by atoms with E-state index in [0.717, 1.165) is 49.8 Å². The molecule has 3 N–H and O–H groups in total. The molecule has 13 nitrogen and oxygen atoms in total. The van der Waals surface area contributed by atoms with Crippen molar-refractivity contribution in [2.24, 2.45) is 0 Å². The minimum absolute atomic E-state index is 0.0959. The lowest BCUT2D eigenvalue weighted by atomic mass is 9.98. The number of halogens is 5. The fourth-order valence-corrected chi connectivity index (χ4v) is 7.04. The van der Waals surface area contributed by atoms with E-state index < -0.39 is 38.2 Å². The Kier molecular flexibility index (Phi) is 17.4. The summed E-state index contributed by atoms with van der Waals surface area (Å²) in [6.07, 6.45) is 4.48. The Balaban J connectivity index is 0.000000189. The number of benzene rings is 5. The summed E-state index contributed by atoms with van der Waals surface area (Å²) in [4.78, 5) is 28.4. The van der Waals surface area contributed by atoms with Crippen LogP contribution in [0.2, 0.25) is 0 Å². The molecule has 0 spiro atoms. The minimum atomic E-state index is -0.821. The van der Waals surface area contributed by atoms with Crippen molar-refractivity contribution in [3.63, 3.8) is 0 Å². The van der Waals surface area contributed by atoms with Gasteiger partial charge in [-0.2, -0.15) is 4.39 Å². The molecule has 0 fully saturated rings. The molecule has 0 saturated heterocycles. The van der Waals surface area contributed by atoms with Gasteiger partial charge in [-0.05, 0) is 126 Å². The number of hydrogen-bond donors (Lipinski definition) is 3. The summed E-state index contributed by atoms with van der Waals surface area (Å²) in [6, 6.07) is 26.8. The summed E-state index contributed by atoms with van der Waals surface area (Å²) in [7, 11) is 0. The van der Waals surface area contributed by atoms with Crippen LogP contribution in [0.1, 0.15) is 53.5 Å². The maximum atomic E-state index is 13.0. The quantitative estimate of drug-likeness (QED) is 0.0886. The molecule has 0 unspecified atom stereocenters. The number of nitrogens with zero attached hydrogens (tertiary/aromatic N) is 6. The SMILES string of the molecule is CC(C)(O)CCc1ccc(Br)cc1[N+](=O)[O-].CC(C)(O)Cn1cnc2cc(-c3ccc(F)cc3)ccc21.CC(C)(O)Cn1cnc2cc(Br)ccc21.O=[N+]([O-])c1cc(Br)ccc1F. The van der Waals surface area contributed by atoms with Crippen LogP contribution in [0.4, 0.5) is 20.2 Å². The number of aliphatic hydroxyl groups is 3. The van der Waals surface area contributed by atoms with Crippen molar-refractivity contribution in [1.29, 1.82) is 0 Å². The Morgan fingerprint density at radius 1 is 0.587 bits per heavy atom. The van der Waals surface area contributed by atoms with Gasteiger partial charge in [0, 0.05) is 31.1 Å². The highest BCUT2D eigenvalue weighted by molar-refractivity contribution is 9.11. The lowest BCUT2D eigenvalue weighted by Gasteiger charge is -2.18. The van der Waals surface area contributed by atoms with Crippen LogP contribution in [0.25, 0.3) is 33.2 Å². The average molecular weight is 1060 g/mol. The lowest BCUT2D eigenvalue weighted by Crippen LogP contribution is -2.25. The van der Waals surface area contributed by atoms with Gasteiger partial charge in [0.2, 0.25) is 5.82 Å². The van der Waals surface area contributed by atoms with Gasteiger partial charge in [-0.25, -0.2) is 14.4 Å². The maximum Gasteiger partial charge on any atom is 0.305 e.